The van der Waals surface area contributed by atoms with Crippen LogP contribution in [0.3, 0.4) is 0 Å². The fourth-order valence-corrected chi connectivity index (χ4v) is 2.53. The van der Waals surface area contributed by atoms with Gasteiger partial charge in [0.2, 0.25) is 0 Å². The van der Waals surface area contributed by atoms with Crippen molar-refractivity contribution < 1.29 is 40.9 Å². The van der Waals surface area contributed by atoms with Crippen molar-refractivity contribution in [1.29, 1.82) is 0 Å². The molecule has 0 saturated heterocycles. The Labute approximate surface area is 159 Å². The number of nitrogens with one attached hydrogen (secondary N) is 1. The third-order valence-electron chi connectivity index (χ3n) is 2.67. The zero-order valence-electron chi connectivity index (χ0n) is 12.1. The first-order chi connectivity index (χ1) is 8.97. The van der Waals surface area contributed by atoms with E-state index < -0.39 is 5.97 Å². The van der Waals surface area contributed by atoms with Gasteiger partial charge >= 0.3 is 35.5 Å². The number of benzene rings is 2. The van der Waals surface area contributed by atoms with E-state index in [9.17, 15) is 9.90 Å². The number of anilines is 2. The van der Waals surface area contributed by atoms with E-state index in [4.69, 9.17) is 11.6 Å². The fraction of sp³-hybridized carbons (Fsp3) is 0.0714. The second-order valence-electron chi connectivity index (χ2n) is 4.08. The summed E-state index contributed by atoms with van der Waals surface area (Å²) < 4.78 is 1.13. The first kappa shape index (κ1) is 17.8. The first-order valence-electron chi connectivity index (χ1n) is 5.53. The van der Waals surface area contributed by atoms with Gasteiger partial charge in [0.05, 0.1) is 11.3 Å². The van der Waals surface area contributed by atoms with Gasteiger partial charge in [-0.05, 0) is 71.5 Å². The molecule has 0 radical (unpaired) electrons. The Bertz CT molecular complexity index is 655. The predicted octanol–water partition coefficient (Wildman–Crippen LogP) is 1.81. The summed E-state index contributed by atoms with van der Waals surface area (Å²) in [6.07, 6.45) is 0. The standard InChI is InChI=1S/C14H11ClINO2.Na.H/c1-8-6-10(16)3-5-12(8)17-13-4-2-9(15)7-11(13)14(18)19;;/h2-7,17H,1H3,(H,18,19);;/q;+1;-1. The molecular weight excluding hydrogens is 400 g/mol. The van der Waals surface area contributed by atoms with Crippen molar-refractivity contribution in [2.75, 3.05) is 5.32 Å². The maximum absolute atomic E-state index is 11.2. The molecule has 0 aliphatic carbocycles. The summed E-state index contributed by atoms with van der Waals surface area (Å²) in [5.74, 6) is -1.01. The third kappa shape index (κ3) is 4.36. The van der Waals surface area contributed by atoms with Crippen LogP contribution in [0.25, 0.3) is 0 Å². The molecule has 0 aliphatic rings. The summed E-state index contributed by atoms with van der Waals surface area (Å²) in [7, 11) is 0. The molecule has 20 heavy (non-hydrogen) atoms. The Kier molecular flexibility index (Phi) is 6.81. The molecular formula is C14H12ClINNaO2. The summed E-state index contributed by atoms with van der Waals surface area (Å²) in [6.45, 7) is 1.97. The zero-order valence-corrected chi connectivity index (χ0v) is 16.0. The predicted molar refractivity (Wildman–Crippen MR) is 86.7 cm³/mol. The average molecular weight is 412 g/mol. The smallest absolute Gasteiger partial charge is 1.00 e. The molecule has 0 fully saturated rings. The van der Waals surface area contributed by atoms with E-state index in [1.165, 1.54) is 6.07 Å². The molecule has 0 saturated carbocycles. The number of aromatic carboxylic acids is 1. The van der Waals surface area contributed by atoms with E-state index in [0.29, 0.717) is 10.7 Å². The molecule has 3 nitrogen and oxygen atoms in total. The topological polar surface area (TPSA) is 49.3 Å². The van der Waals surface area contributed by atoms with Crippen molar-refractivity contribution in [3.63, 3.8) is 0 Å². The molecule has 2 N–H and O–H groups in total. The van der Waals surface area contributed by atoms with Crippen LogP contribution in [-0.2, 0) is 0 Å². The van der Waals surface area contributed by atoms with Gasteiger partial charge in [0.25, 0.3) is 0 Å². The third-order valence-corrected chi connectivity index (χ3v) is 3.58. The molecule has 0 unspecified atom stereocenters. The Morgan fingerprint density at radius 2 is 1.90 bits per heavy atom. The van der Waals surface area contributed by atoms with Gasteiger partial charge in [0.1, 0.15) is 0 Å². The quantitative estimate of drug-likeness (QED) is 0.598. The summed E-state index contributed by atoms with van der Waals surface area (Å²) in [5.41, 5.74) is 2.62. The normalized spacial score (nSPS) is 9.75. The van der Waals surface area contributed by atoms with E-state index in [0.717, 1.165) is 14.8 Å². The molecule has 100 valence electrons. The number of carbonyl (C=O) groups is 1. The van der Waals surface area contributed by atoms with E-state index in [2.05, 4.69) is 27.9 Å². The molecule has 0 aromatic heterocycles. The minimum Gasteiger partial charge on any atom is -1.00 e. The number of aryl methyl sites for hydroxylation is 1. The monoisotopic (exact) mass is 411 g/mol. The van der Waals surface area contributed by atoms with Crippen LogP contribution >= 0.6 is 34.2 Å². The van der Waals surface area contributed by atoms with Crippen molar-refractivity contribution in [2.45, 2.75) is 6.92 Å². The molecule has 2 aromatic carbocycles. The largest absolute Gasteiger partial charge is 1.00 e. The fourth-order valence-electron chi connectivity index (χ4n) is 1.71. The molecule has 0 bridgehead atoms. The SMILES string of the molecule is Cc1cc(I)ccc1Nc1ccc(Cl)cc1C(=O)O.[H-].[Na+]. The molecule has 0 heterocycles. The maximum Gasteiger partial charge on any atom is 1.00 e. The summed E-state index contributed by atoms with van der Waals surface area (Å²) in [6, 6.07) is 10.7. The van der Waals surface area contributed by atoms with Crippen LogP contribution in [0.2, 0.25) is 5.02 Å². The van der Waals surface area contributed by atoms with Crippen LogP contribution in [0.1, 0.15) is 17.3 Å². The van der Waals surface area contributed by atoms with Crippen LogP contribution in [0.15, 0.2) is 36.4 Å². The number of rotatable bonds is 3. The van der Waals surface area contributed by atoms with E-state index in [1.807, 2.05) is 25.1 Å². The number of carboxylic acid groups (broad SMARTS) is 1. The van der Waals surface area contributed by atoms with Gasteiger partial charge in [-0.15, -0.1) is 0 Å². The van der Waals surface area contributed by atoms with Gasteiger partial charge in [-0.25, -0.2) is 4.79 Å². The van der Waals surface area contributed by atoms with Gasteiger partial charge in [0, 0.05) is 14.3 Å². The summed E-state index contributed by atoms with van der Waals surface area (Å²) in [4.78, 5) is 11.2. The summed E-state index contributed by atoms with van der Waals surface area (Å²) in [5, 5.41) is 12.7. The Morgan fingerprint density at radius 1 is 1.25 bits per heavy atom. The summed E-state index contributed by atoms with van der Waals surface area (Å²) >= 11 is 8.06. The van der Waals surface area contributed by atoms with E-state index in [1.54, 1.807) is 12.1 Å². The van der Waals surface area contributed by atoms with Gasteiger partial charge in [-0.2, -0.15) is 0 Å². The number of hydrogen-bond donors (Lipinski definition) is 2. The molecule has 2 aromatic rings. The van der Waals surface area contributed by atoms with E-state index >= 15 is 0 Å². The van der Waals surface area contributed by atoms with Gasteiger partial charge in [-0.3, -0.25) is 0 Å². The van der Waals surface area contributed by atoms with Crippen molar-refractivity contribution in [3.05, 3.63) is 56.1 Å². The molecule has 0 amide bonds. The van der Waals surface area contributed by atoms with Crippen molar-refractivity contribution in [3.8, 4) is 0 Å². The Hall–Kier alpha value is -0.270. The van der Waals surface area contributed by atoms with Gasteiger partial charge in [-0.1, -0.05) is 11.6 Å². The maximum atomic E-state index is 11.2. The number of halogens is 2. The van der Waals surface area contributed by atoms with Crippen LogP contribution in [0.5, 0.6) is 0 Å². The number of carboxylic acids is 1. The van der Waals surface area contributed by atoms with Crippen molar-refractivity contribution in [1.82, 2.24) is 0 Å². The van der Waals surface area contributed by atoms with Crippen molar-refractivity contribution >= 4 is 51.5 Å². The van der Waals surface area contributed by atoms with Crippen LogP contribution < -0.4 is 34.9 Å². The molecule has 0 atom stereocenters. The molecule has 2 rings (SSSR count). The first-order valence-corrected chi connectivity index (χ1v) is 6.99. The average Bonchev–Trinajstić information content (AvgIpc) is 2.34. The van der Waals surface area contributed by atoms with Crippen LogP contribution in [-0.4, -0.2) is 11.1 Å². The van der Waals surface area contributed by atoms with Crippen LogP contribution in [0.4, 0.5) is 11.4 Å². The van der Waals surface area contributed by atoms with Gasteiger partial charge in [0.15, 0.2) is 0 Å². The Morgan fingerprint density at radius 3 is 2.50 bits per heavy atom. The Balaban J connectivity index is 0.00000200. The minimum absolute atomic E-state index is 0. The minimum atomic E-state index is -1.01. The van der Waals surface area contributed by atoms with Gasteiger partial charge < -0.3 is 11.8 Å². The molecule has 0 spiro atoms. The molecule has 0 aliphatic heterocycles. The second kappa shape index (κ2) is 7.66. The van der Waals surface area contributed by atoms with Crippen LogP contribution in [0, 0.1) is 10.5 Å². The second-order valence-corrected chi connectivity index (χ2v) is 5.76. The molecule has 6 heteroatoms. The zero-order chi connectivity index (χ0) is 14.0. The number of hydrogen-bond acceptors (Lipinski definition) is 2. The van der Waals surface area contributed by atoms with Crippen molar-refractivity contribution in [2.24, 2.45) is 0 Å². The van der Waals surface area contributed by atoms with E-state index in [-0.39, 0.29) is 36.5 Å².